The third-order valence-corrected chi connectivity index (χ3v) is 4.31. The fourth-order valence-electron chi connectivity index (χ4n) is 3.18. The topological polar surface area (TPSA) is 24.9 Å². The molecule has 1 aliphatic carbocycles. The number of aromatic nitrogens is 1. The number of rotatable bonds is 5. The van der Waals surface area contributed by atoms with Gasteiger partial charge in [0.15, 0.2) is 0 Å². The van der Waals surface area contributed by atoms with E-state index in [1.807, 2.05) is 0 Å². The molecule has 2 heteroatoms. The Morgan fingerprint density at radius 1 is 1.33 bits per heavy atom. The molecule has 1 atom stereocenters. The molecule has 1 aromatic rings. The molecule has 0 aromatic carbocycles. The predicted molar refractivity (Wildman–Crippen MR) is 76.6 cm³/mol. The van der Waals surface area contributed by atoms with Crippen LogP contribution in [0.25, 0.3) is 0 Å². The van der Waals surface area contributed by atoms with E-state index in [1.165, 1.54) is 37.7 Å². The zero-order chi connectivity index (χ0) is 13.0. The standard InChI is InChI=1S/C16H26N2/c1-4-11-17-15(16(3)9-5-6-10-16)14-8-7-13(2)18-12-14/h7-8,12,15,17H,4-6,9-11H2,1-3H3. The van der Waals surface area contributed by atoms with Gasteiger partial charge in [0.25, 0.3) is 0 Å². The third-order valence-electron chi connectivity index (χ3n) is 4.31. The Morgan fingerprint density at radius 2 is 2.06 bits per heavy atom. The Bertz CT molecular complexity index is 363. The Kier molecular flexibility index (Phi) is 4.39. The molecule has 0 bridgehead atoms. The number of hydrogen-bond donors (Lipinski definition) is 1. The van der Waals surface area contributed by atoms with Crippen molar-refractivity contribution in [3.8, 4) is 0 Å². The van der Waals surface area contributed by atoms with E-state index in [0.29, 0.717) is 11.5 Å². The van der Waals surface area contributed by atoms with Crippen molar-refractivity contribution in [1.82, 2.24) is 10.3 Å². The maximum absolute atomic E-state index is 4.47. The highest BCUT2D eigenvalue weighted by atomic mass is 14.9. The Morgan fingerprint density at radius 3 is 2.61 bits per heavy atom. The van der Waals surface area contributed by atoms with Crippen LogP contribution < -0.4 is 5.32 Å². The molecular formula is C16H26N2. The van der Waals surface area contributed by atoms with Crippen LogP contribution in [0.2, 0.25) is 0 Å². The fourth-order valence-corrected chi connectivity index (χ4v) is 3.18. The SMILES string of the molecule is CCCNC(c1ccc(C)nc1)C1(C)CCCC1. The molecule has 1 unspecified atom stereocenters. The molecule has 1 fully saturated rings. The van der Waals surface area contributed by atoms with E-state index in [4.69, 9.17) is 0 Å². The quantitative estimate of drug-likeness (QED) is 0.849. The van der Waals surface area contributed by atoms with Gasteiger partial charge in [0.1, 0.15) is 0 Å². The summed E-state index contributed by atoms with van der Waals surface area (Å²) >= 11 is 0. The van der Waals surface area contributed by atoms with Gasteiger partial charge in [-0.05, 0) is 49.8 Å². The van der Waals surface area contributed by atoms with E-state index >= 15 is 0 Å². The zero-order valence-corrected chi connectivity index (χ0v) is 12.0. The van der Waals surface area contributed by atoms with Crippen LogP contribution in [0.1, 0.15) is 63.3 Å². The number of aryl methyl sites for hydroxylation is 1. The van der Waals surface area contributed by atoms with Crippen molar-refractivity contribution in [2.45, 2.75) is 58.9 Å². The van der Waals surface area contributed by atoms with E-state index in [2.05, 4.69) is 49.4 Å². The fraction of sp³-hybridized carbons (Fsp3) is 0.688. The van der Waals surface area contributed by atoms with Crippen LogP contribution in [0.15, 0.2) is 18.3 Å². The van der Waals surface area contributed by atoms with Crippen molar-refractivity contribution in [2.75, 3.05) is 6.54 Å². The summed E-state index contributed by atoms with van der Waals surface area (Å²) in [7, 11) is 0. The second-order valence-electron chi connectivity index (χ2n) is 5.98. The highest BCUT2D eigenvalue weighted by Gasteiger charge is 2.37. The van der Waals surface area contributed by atoms with Crippen LogP contribution in [0, 0.1) is 12.3 Å². The summed E-state index contributed by atoms with van der Waals surface area (Å²) in [6.45, 7) is 7.81. The van der Waals surface area contributed by atoms with Gasteiger partial charge in [0, 0.05) is 17.9 Å². The van der Waals surface area contributed by atoms with E-state index in [9.17, 15) is 0 Å². The number of nitrogens with zero attached hydrogens (tertiary/aromatic N) is 1. The monoisotopic (exact) mass is 246 g/mol. The third kappa shape index (κ3) is 2.92. The van der Waals surface area contributed by atoms with Gasteiger partial charge in [0.2, 0.25) is 0 Å². The van der Waals surface area contributed by atoms with Gasteiger partial charge >= 0.3 is 0 Å². The first kappa shape index (κ1) is 13.5. The highest BCUT2D eigenvalue weighted by Crippen LogP contribution is 2.47. The van der Waals surface area contributed by atoms with Gasteiger partial charge < -0.3 is 5.32 Å². The molecule has 0 aliphatic heterocycles. The van der Waals surface area contributed by atoms with E-state index < -0.39 is 0 Å². The van der Waals surface area contributed by atoms with Crippen molar-refractivity contribution in [2.24, 2.45) is 5.41 Å². The Balaban J connectivity index is 2.21. The normalized spacial score (nSPS) is 19.9. The summed E-state index contributed by atoms with van der Waals surface area (Å²) in [5.74, 6) is 0. The maximum Gasteiger partial charge on any atom is 0.0389 e. The lowest BCUT2D eigenvalue weighted by atomic mass is 9.77. The average molecular weight is 246 g/mol. The number of hydrogen-bond acceptors (Lipinski definition) is 2. The zero-order valence-electron chi connectivity index (χ0n) is 12.0. The van der Waals surface area contributed by atoms with Gasteiger partial charge in [0.05, 0.1) is 0 Å². The molecule has 1 aromatic heterocycles. The largest absolute Gasteiger partial charge is 0.309 e. The minimum Gasteiger partial charge on any atom is -0.309 e. The van der Waals surface area contributed by atoms with Crippen molar-refractivity contribution in [3.05, 3.63) is 29.6 Å². The number of nitrogens with one attached hydrogen (secondary N) is 1. The maximum atomic E-state index is 4.47. The van der Waals surface area contributed by atoms with Crippen LogP contribution in [0.5, 0.6) is 0 Å². The van der Waals surface area contributed by atoms with Crippen LogP contribution in [-0.2, 0) is 0 Å². The first-order chi connectivity index (χ1) is 8.65. The molecule has 0 saturated heterocycles. The lowest BCUT2D eigenvalue weighted by Gasteiger charge is -2.35. The predicted octanol–water partition coefficient (Wildman–Crippen LogP) is 4.01. The molecule has 1 saturated carbocycles. The molecule has 1 aliphatic rings. The van der Waals surface area contributed by atoms with E-state index in [-0.39, 0.29) is 0 Å². The molecule has 2 rings (SSSR count). The second-order valence-corrected chi connectivity index (χ2v) is 5.98. The second kappa shape index (κ2) is 5.83. The Labute approximate surface area is 111 Å². The van der Waals surface area contributed by atoms with Crippen LogP contribution in [-0.4, -0.2) is 11.5 Å². The van der Waals surface area contributed by atoms with Crippen molar-refractivity contribution < 1.29 is 0 Å². The smallest absolute Gasteiger partial charge is 0.0389 e. The Hall–Kier alpha value is -0.890. The van der Waals surface area contributed by atoms with Gasteiger partial charge in [-0.3, -0.25) is 4.98 Å². The molecule has 0 amide bonds. The number of pyridine rings is 1. The minimum atomic E-state index is 0.409. The molecule has 0 spiro atoms. The molecule has 18 heavy (non-hydrogen) atoms. The first-order valence-corrected chi connectivity index (χ1v) is 7.31. The van der Waals surface area contributed by atoms with Gasteiger partial charge in [-0.2, -0.15) is 0 Å². The molecule has 2 nitrogen and oxygen atoms in total. The van der Waals surface area contributed by atoms with Crippen LogP contribution >= 0.6 is 0 Å². The molecule has 1 N–H and O–H groups in total. The molecule has 100 valence electrons. The average Bonchev–Trinajstić information content (AvgIpc) is 2.80. The summed E-state index contributed by atoms with van der Waals surface area (Å²) in [4.78, 5) is 4.47. The van der Waals surface area contributed by atoms with Crippen molar-refractivity contribution in [3.63, 3.8) is 0 Å². The molecule has 0 radical (unpaired) electrons. The first-order valence-electron chi connectivity index (χ1n) is 7.31. The van der Waals surface area contributed by atoms with E-state index in [1.54, 1.807) is 0 Å². The van der Waals surface area contributed by atoms with Gasteiger partial charge in [-0.25, -0.2) is 0 Å². The van der Waals surface area contributed by atoms with Crippen molar-refractivity contribution >= 4 is 0 Å². The summed E-state index contributed by atoms with van der Waals surface area (Å²) < 4.78 is 0. The minimum absolute atomic E-state index is 0.409. The summed E-state index contributed by atoms with van der Waals surface area (Å²) in [6.07, 6.45) is 8.67. The van der Waals surface area contributed by atoms with E-state index in [0.717, 1.165) is 12.2 Å². The molecular weight excluding hydrogens is 220 g/mol. The van der Waals surface area contributed by atoms with Gasteiger partial charge in [-0.15, -0.1) is 0 Å². The summed E-state index contributed by atoms with van der Waals surface area (Å²) in [5.41, 5.74) is 2.87. The van der Waals surface area contributed by atoms with Crippen molar-refractivity contribution in [1.29, 1.82) is 0 Å². The summed E-state index contributed by atoms with van der Waals surface area (Å²) in [6, 6.07) is 4.85. The lowest BCUT2D eigenvalue weighted by Crippen LogP contribution is -2.35. The summed E-state index contributed by atoms with van der Waals surface area (Å²) in [5, 5.41) is 3.75. The van der Waals surface area contributed by atoms with Crippen LogP contribution in [0.3, 0.4) is 0 Å². The highest BCUT2D eigenvalue weighted by molar-refractivity contribution is 5.20. The van der Waals surface area contributed by atoms with Crippen LogP contribution in [0.4, 0.5) is 0 Å². The molecule has 1 heterocycles. The lowest BCUT2D eigenvalue weighted by molar-refractivity contribution is 0.223. The van der Waals surface area contributed by atoms with Gasteiger partial charge in [-0.1, -0.05) is 32.8 Å².